The van der Waals surface area contributed by atoms with Gasteiger partial charge in [0.25, 0.3) is 0 Å². The summed E-state index contributed by atoms with van der Waals surface area (Å²) in [5, 5.41) is 9.04. The first-order valence-electron chi connectivity index (χ1n) is 5.88. The van der Waals surface area contributed by atoms with E-state index in [9.17, 15) is 0 Å². The minimum Gasteiger partial charge on any atom is -0.437 e. The van der Waals surface area contributed by atoms with E-state index in [1.807, 2.05) is 31.2 Å². The molecular weight excluding hydrogens is 224 g/mol. The molecular formula is C15H14N2O. The van der Waals surface area contributed by atoms with E-state index in [1.54, 1.807) is 12.1 Å². The average Bonchev–Trinajstić information content (AvgIpc) is 2.40. The summed E-state index contributed by atoms with van der Waals surface area (Å²) < 4.78 is 5.77. The highest BCUT2D eigenvalue weighted by atomic mass is 16.5. The van der Waals surface area contributed by atoms with Crippen molar-refractivity contribution in [3.63, 3.8) is 0 Å². The van der Waals surface area contributed by atoms with Crippen LogP contribution < -0.4 is 4.74 Å². The number of hydrogen-bond acceptors (Lipinski definition) is 3. The fraction of sp³-hybridized carbons (Fsp3) is 0.200. The standard InChI is InChI=1S/C15H14N2O/c1-3-12-6-4-5-7-14(12)18-15-13(10-16)9-8-11(2)17-15/h4-9H,3H2,1-2H3. The number of aromatic nitrogens is 1. The van der Waals surface area contributed by atoms with Crippen molar-refractivity contribution < 1.29 is 4.74 Å². The lowest BCUT2D eigenvalue weighted by molar-refractivity contribution is 0.455. The second kappa shape index (κ2) is 5.33. The number of para-hydroxylation sites is 1. The van der Waals surface area contributed by atoms with E-state index in [4.69, 9.17) is 10.00 Å². The Bertz CT molecular complexity index is 600. The van der Waals surface area contributed by atoms with Crippen LogP contribution in [0.5, 0.6) is 11.6 Å². The second-order valence-electron chi connectivity index (χ2n) is 3.98. The highest BCUT2D eigenvalue weighted by Crippen LogP contribution is 2.26. The van der Waals surface area contributed by atoms with Crippen LogP contribution in [0, 0.1) is 18.3 Å². The normalized spacial score (nSPS) is 9.83. The number of pyridine rings is 1. The Labute approximate surface area is 107 Å². The van der Waals surface area contributed by atoms with E-state index in [2.05, 4.69) is 18.0 Å². The number of ether oxygens (including phenoxy) is 1. The van der Waals surface area contributed by atoms with Gasteiger partial charge in [0.05, 0.1) is 0 Å². The highest BCUT2D eigenvalue weighted by Gasteiger charge is 2.09. The molecule has 0 unspecified atom stereocenters. The van der Waals surface area contributed by atoms with Crippen molar-refractivity contribution in [3.05, 3.63) is 53.2 Å². The monoisotopic (exact) mass is 238 g/mol. The van der Waals surface area contributed by atoms with Crippen LogP contribution in [0.3, 0.4) is 0 Å². The molecule has 0 N–H and O–H groups in total. The van der Waals surface area contributed by atoms with E-state index in [1.165, 1.54) is 0 Å². The van der Waals surface area contributed by atoms with Gasteiger partial charge in [0.15, 0.2) is 0 Å². The van der Waals surface area contributed by atoms with Gasteiger partial charge >= 0.3 is 0 Å². The van der Waals surface area contributed by atoms with Gasteiger partial charge < -0.3 is 4.74 Å². The second-order valence-corrected chi connectivity index (χ2v) is 3.98. The zero-order chi connectivity index (χ0) is 13.0. The van der Waals surface area contributed by atoms with Gasteiger partial charge in [0.2, 0.25) is 5.88 Å². The predicted octanol–water partition coefficient (Wildman–Crippen LogP) is 3.62. The van der Waals surface area contributed by atoms with Crippen molar-refractivity contribution in [2.75, 3.05) is 0 Å². The summed E-state index contributed by atoms with van der Waals surface area (Å²) in [5.41, 5.74) is 2.38. The molecule has 2 aromatic rings. The van der Waals surface area contributed by atoms with Crippen molar-refractivity contribution in [2.24, 2.45) is 0 Å². The molecule has 1 heterocycles. The van der Waals surface area contributed by atoms with Gasteiger partial charge in [-0.3, -0.25) is 0 Å². The number of hydrogen-bond donors (Lipinski definition) is 0. The minimum atomic E-state index is 0.374. The number of aryl methyl sites for hydroxylation is 2. The fourth-order valence-electron chi connectivity index (χ4n) is 1.70. The summed E-state index contributed by atoms with van der Waals surface area (Å²) >= 11 is 0. The molecule has 1 aromatic carbocycles. The lowest BCUT2D eigenvalue weighted by Crippen LogP contribution is -1.96. The smallest absolute Gasteiger partial charge is 0.237 e. The SMILES string of the molecule is CCc1ccccc1Oc1nc(C)ccc1C#N. The predicted molar refractivity (Wildman–Crippen MR) is 69.6 cm³/mol. The summed E-state index contributed by atoms with van der Waals surface area (Å²) in [7, 11) is 0. The van der Waals surface area contributed by atoms with Crippen molar-refractivity contribution in [3.8, 4) is 17.7 Å². The van der Waals surface area contributed by atoms with E-state index in [0.29, 0.717) is 11.4 Å². The molecule has 0 fully saturated rings. The maximum atomic E-state index is 9.04. The molecule has 0 saturated heterocycles. The maximum Gasteiger partial charge on any atom is 0.237 e. The Morgan fingerprint density at radius 1 is 1.22 bits per heavy atom. The summed E-state index contributed by atoms with van der Waals surface area (Å²) in [4.78, 5) is 4.27. The minimum absolute atomic E-state index is 0.374. The maximum absolute atomic E-state index is 9.04. The lowest BCUT2D eigenvalue weighted by atomic mass is 10.1. The molecule has 0 saturated carbocycles. The topological polar surface area (TPSA) is 45.9 Å². The van der Waals surface area contributed by atoms with Gasteiger partial charge in [-0.05, 0) is 37.1 Å². The zero-order valence-electron chi connectivity index (χ0n) is 10.5. The number of benzene rings is 1. The van der Waals surface area contributed by atoms with E-state index >= 15 is 0 Å². The molecule has 0 atom stereocenters. The van der Waals surface area contributed by atoms with Crippen molar-refractivity contribution in [2.45, 2.75) is 20.3 Å². The highest BCUT2D eigenvalue weighted by molar-refractivity contribution is 5.43. The Morgan fingerprint density at radius 2 is 2.00 bits per heavy atom. The summed E-state index contributed by atoms with van der Waals surface area (Å²) in [6.45, 7) is 3.94. The first-order chi connectivity index (χ1) is 8.74. The van der Waals surface area contributed by atoms with Crippen LogP contribution in [0.25, 0.3) is 0 Å². The first-order valence-corrected chi connectivity index (χ1v) is 5.88. The molecule has 0 aliphatic rings. The molecule has 3 heteroatoms. The van der Waals surface area contributed by atoms with E-state index < -0.39 is 0 Å². The van der Waals surface area contributed by atoms with Crippen molar-refractivity contribution >= 4 is 0 Å². The average molecular weight is 238 g/mol. The van der Waals surface area contributed by atoms with Gasteiger partial charge in [-0.25, -0.2) is 4.98 Å². The Morgan fingerprint density at radius 3 is 2.72 bits per heavy atom. The first kappa shape index (κ1) is 12.1. The quantitative estimate of drug-likeness (QED) is 0.820. The molecule has 0 aliphatic heterocycles. The largest absolute Gasteiger partial charge is 0.437 e. The Hall–Kier alpha value is -2.34. The molecule has 0 amide bonds. The van der Waals surface area contributed by atoms with E-state index in [-0.39, 0.29) is 0 Å². The summed E-state index contributed by atoms with van der Waals surface area (Å²) in [6, 6.07) is 13.4. The number of nitrogens with zero attached hydrogens (tertiary/aromatic N) is 2. The molecule has 90 valence electrons. The summed E-state index contributed by atoms with van der Waals surface area (Å²) in [6.07, 6.45) is 0.879. The van der Waals surface area contributed by atoms with Crippen LogP contribution in [0.1, 0.15) is 23.7 Å². The van der Waals surface area contributed by atoms with Gasteiger partial charge in [-0.2, -0.15) is 5.26 Å². The molecule has 0 aliphatic carbocycles. The van der Waals surface area contributed by atoms with Gasteiger partial charge in [-0.1, -0.05) is 25.1 Å². The van der Waals surface area contributed by atoms with Gasteiger partial charge in [-0.15, -0.1) is 0 Å². The van der Waals surface area contributed by atoms with Gasteiger partial charge in [0, 0.05) is 5.69 Å². The van der Waals surface area contributed by atoms with Crippen LogP contribution in [0.2, 0.25) is 0 Å². The van der Waals surface area contributed by atoms with Crippen molar-refractivity contribution in [1.82, 2.24) is 4.98 Å². The summed E-state index contributed by atoms with van der Waals surface area (Å²) in [5.74, 6) is 1.13. The number of rotatable bonds is 3. The molecule has 2 rings (SSSR count). The molecule has 18 heavy (non-hydrogen) atoms. The number of nitriles is 1. The molecule has 0 bridgehead atoms. The fourth-order valence-corrected chi connectivity index (χ4v) is 1.70. The van der Waals surface area contributed by atoms with Crippen LogP contribution in [-0.2, 0) is 6.42 Å². The molecule has 0 spiro atoms. The third-order valence-corrected chi connectivity index (χ3v) is 2.68. The van der Waals surface area contributed by atoms with E-state index in [0.717, 1.165) is 23.4 Å². The van der Waals surface area contributed by atoms with Crippen LogP contribution in [0.15, 0.2) is 36.4 Å². The lowest BCUT2D eigenvalue weighted by Gasteiger charge is -2.10. The molecule has 0 radical (unpaired) electrons. The molecule has 1 aromatic heterocycles. The Balaban J connectivity index is 2.40. The van der Waals surface area contributed by atoms with Crippen LogP contribution >= 0.6 is 0 Å². The zero-order valence-corrected chi connectivity index (χ0v) is 10.5. The van der Waals surface area contributed by atoms with Crippen LogP contribution in [-0.4, -0.2) is 4.98 Å². The third kappa shape index (κ3) is 2.49. The van der Waals surface area contributed by atoms with Crippen LogP contribution in [0.4, 0.5) is 0 Å². The third-order valence-electron chi connectivity index (χ3n) is 2.68. The van der Waals surface area contributed by atoms with Crippen molar-refractivity contribution in [1.29, 1.82) is 5.26 Å². The van der Waals surface area contributed by atoms with Gasteiger partial charge in [0.1, 0.15) is 17.4 Å². The Kier molecular flexibility index (Phi) is 3.59. The molecule has 3 nitrogen and oxygen atoms in total.